The second-order valence-corrected chi connectivity index (χ2v) is 4.65. The van der Waals surface area contributed by atoms with E-state index in [-0.39, 0.29) is 24.2 Å². The minimum Gasteiger partial charge on any atom is -0.393 e. The summed E-state index contributed by atoms with van der Waals surface area (Å²) in [6, 6.07) is 0. The van der Waals surface area contributed by atoms with Crippen LogP contribution in [-0.2, 0) is 9.47 Å². The molecule has 4 nitrogen and oxygen atoms in total. The average molecular weight is 216 g/mol. The Hall–Kier alpha value is -0.160. The van der Waals surface area contributed by atoms with Crippen molar-refractivity contribution < 1.29 is 19.7 Å². The molecule has 0 spiro atoms. The van der Waals surface area contributed by atoms with Crippen LogP contribution in [0.1, 0.15) is 32.1 Å². The van der Waals surface area contributed by atoms with Crippen molar-refractivity contribution >= 4 is 0 Å². The number of hydrogen-bond acceptors (Lipinski definition) is 4. The van der Waals surface area contributed by atoms with E-state index in [1.54, 1.807) is 0 Å². The average Bonchev–Trinajstić information content (AvgIpc) is 2.72. The summed E-state index contributed by atoms with van der Waals surface area (Å²) in [4.78, 5) is 0. The summed E-state index contributed by atoms with van der Waals surface area (Å²) < 4.78 is 10.5. The lowest BCUT2D eigenvalue weighted by molar-refractivity contribution is -0.00438. The first-order valence-corrected chi connectivity index (χ1v) is 5.81. The van der Waals surface area contributed by atoms with Crippen molar-refractivity contribution in [1.29, 1.82) is 0 Å². The molecule has 0 unspecified atom stereocenters. The Bertz CT molecular complexity index is 191. The minimum absolute atomic E-state index is 0.191. The highest BCUT2D eigenvalue weighted by atomic mass is 16.7. The molecule has 2 aliphatic rings. The summed E-state index contributed by atoms with van der Waals surface area (Å²) in [6.45, 7) is 1.08. The summed E-state index contributed by atoms with van der Waals surface area (Å²) in [7, 11) is 0. The van der Waals surface area contributed by atoms with Crippen LogP contribution in [0.4, 0.5) is 0 Å². The fourth-order valence-corrected chi connectivity index (χ4v) is 2.47. The Morgan fingerprint density at radius 1 is 1.13 bits per heavy atom. The van der Waals surface area contributed by atoms with Crippen molar-refractivity contribution in [3.8, 4) is 0 Å². The van der Waals surface area contributed by atoms with Crippen LogP contribution in [0.15, 0.2) is 0 Å². The molecule has 4 heteroatoms. The van der Waals surface area contributed by atoms with E-state index in [1.165, 1.54) is 0 Å². The number of rotatable bonds is 3. The Kier molecular flexibility index (Phi) is 3.97. The maximum absolute atomic E-state index is 9.78. The van der Waals surface area contributed by atoms with E-state index >= 15 is 0 Å². The molecular formula is C11H20O4. The third-order valence-corrected chi connectivity index (χ3v) is 3.46. The molecule has 1 saturated carbocycles. The van der Waals surface area contributed by atoms with Gasteiger partial charge in [-0.05, 0) is 38.0 Å². The van der Waals surface area contributed by atoms with E-state index in [9.17, 15) is 10.2 Å². The zero-order valence-corrected chi connectivity index (χ0v) is 8.97. The van der Waals surface area contributed by atoms with Gasteiger partial charge in [0.25, 0.3) is 0 Å². The number of ether oxygens (including phenoxy) is 2. The fourth-order valence-electron chi connectivity index (χ4n) is 2.47. The SMILES string of the molecule is O[C@@H]1CC[C@H](O)[C@@H](CC[C@@H]2COCO2)C1. The van der Waals surface area contributed by atoms with E-state index in [0.717, 1.165) is 32.1 Å². The highest BCUT2D eigenvalue weighted by Crippen LogP contribution is 2.29. The van der Waals surface area contributed by atoms with Gasteiger partial charge in [-0.25, -0.2) is 0 Å². The van der Waals surface area contributed by atoms with Gasteiger partial charge in [-0.2, -0.15) is 0 Å². The van der Waals surface area contributed by atoms with Crippen molar-refractivity contribution in [3.63, 3.8) is 0 Å². The quantitative estimate of drug-likeness (QED) is 0.727. The van der Waals surface area contributed by atoms with Crippen LogP contribution in [0.5, 0.6) is 0 Å². The van der Waals surface area contributed by atoms with E-state index in [0.29, 0.717) is 13.4 Å². The second kappa shape index (κ2) is 5.25. The molecular weight excluding hydrogens is 196 g/mol. The van der Waals surface area contributed by atoms with E-state index in [2.05, 4.69) is 0 Å². The lowest BCUT2D eigenvalue weighted by atomic mass is 9.81. The molecule has 15 heavy (non-hydrogen) atoms. The largest absolute Gasteiger partial charge is 0.393 e. The molecule has 2 N–H and O–H groups in total. The first-order valence-electron chi connectivity index (χ1n) is 5.81. The normalized spacial score (nSPS) is 42.0. The van der Waals surface area contributed by atoms with Crippen molar-refractivity contribution in [1.82, 2.24) is 0 Å². The monoisotopic (exact) mass is 216 g/mol. The number of aliphatic hydroxyl groups is 2. The van der Waals surface area contributed by atoms with Gasteiger partial charge in [0.1, 0.15) is 6.79 Å². The zero-order chi connectivity index (χ0) is 10.7. The number of hydrogen-bond donors (Lipinski definition) is 2. The molecule has 1 aliphatic heterocycles. The molecule has 2 rings (SSSR count). The third kappa shape index (κ3) is 3.14. The fraction of sp³-hybridized carbons (Fsp3) is 1.00. The van der Waals surface area contributed by atoms with Crippen LogP contribution in [0.3, 0.4) is 0 Å². The van der Waals surface area contributed by atoms with Gasteiger partial charge in [-0.1, -0.05) is 0 Å². The molecule has 0 aromatic heterocycles. The first-order chi connectivity index (χ1) is 7.25. The Morgan fingerprint density at radius 2 is 2.00 bits per heavy atom. The van der Waals surface area contributed by atoms with Gasteiger partial charge in [-0.3, -0.25) is 0 Å². The number of aliphatic hydroxyl groups excluding tert-OH is 2. The van der Waals surface area contributed by atoms with E-state index in [4.69, 9.17) is 9.47 Å². The van der Waals surface area contributed by atoms with E-state index in [1.807, 2.05) is 0 Å². The maximum Gasteiger partial charge on any atom is 0.147 e. The van der Waals surface area contributed by atoms with Crippen LogP contribution < -0.4 is 0 Å². The summed E-state index contributed by atoms with van der Waals surface area (Å²) in [5, 5.41) is 19.3. The molecule has 4 atom stereocenters. The molecule has 0 bridgehead atoms. The smallest absolute Gasteiger partial charge is 0.147 e. The lowest BCUT2D eigenvalue weighted by Gasteiger charge is -2.31. The van der Waals surface area contributed by atoms with Crippen molar-refractivity contribution in [3.05, 3.63) is 0 Å². The molecule has 88 valence electrons. The van der Waals surface area contributed by atoms with Gasteiger partial charge in [0.2, 0.25) is 0 Å². The predicted molar refractivity (Wildman–Crippen MR) is 54.3 cm³/mol. The van der Waals surface area contributed by atoms with Gasteiger partial charge in [0, 0.05) is 0 Å². The van der Waals surface area contributed by atoms with Crippen LogP contribution in [-0.4, -0.2) is 41.9 Å². The van der Waals surface area contributed by atoms with Crippen molar-refractivity contribution in [2.24, 2.45) is 5.92 Å². The molecule has 0 aromatic carbocycles. The molecule has 0 aromatic rings. The predicted octanol–water partition coefficient (Wildman–Crippen LogP) is 0.661. The molecule has 1 aliphatic carbocycles. The van der Waals surface area contributed by atoms with Gasteiger partial charge in [0.15, 0.2) is 0 Å². The lowest BCUT2D eigenvalue weighted by Crippen LogP contribution is -2.32. The first kappa shape index (κ1) is 11.3. The molecule has 1 saturated heterocycles. The van der Waals surface area contributed by atoms with Crippen LogP contribution >= 0.6 is 0 Å². The molecule has 1 heterocycles. The van der Waals surface area contributed by atoms with Gasteiger partial charge in [-0.15, -0.1) is 0 Å². The van der Waals surface area contributed by atoms with Gasteiger partial charge in [0.05, 0.1) is 24.9 Å². The highest BCUT2D eigenvalue weighted by molar-refractivity contribution is 4.80. The molecule has 2 fully saturated rings. The Morgan fingerprint density at radius 3 is 2.73 bits per heavy atom. The van der Waals surface area contributed by atoms with Crippen LogP contribution in [0.2, 0.25) is 0 Å². The second-order valence-electron chi connectivity index (χ2n) is 4.65. The summed E-state index contributed by atoms with van der Waals surface area (Å²) >= 11 is 0. The zero-order valence-electron chi connectivity index (χ0n) is 8.97. The Balaban J connectivity index is 1.72. The highest BCUT2D eigenvalue weighted by Gasteiger charge is 2.29. The van der Waals surface area contributed by atoms with Crippen LogP contribution in [0, 0.1) is 5.92 Å². The van der Waals surface area contributed by atoms with Gasteiger partial charge < -0.3 is 19.7 Å². The summed E-state index contributed by atoms with van der Waals surface area (Å²) in [5.41, 5.74) is 0. The van der Waals surface area contributed by atoms with Gasteiger partial charge >= 0.3 is 0 Å². The minimum atomic E-state index is -0.240. The third-order valence-electron chi connectivity index (χ3n) is 3.46. The summed E-state index contributed by atoms with van der Waals surface area (Å²) in [6.07, 6.45) is 3.77. The molecule has 0 radical (unpaired) electrons. The maximum atomic E-state index is 9.78. The van der Waals surface area contributed by atoms with Crippen molar-refractivity contribution in [2.75, 3.05) is 13.4 Å². The van der Waals surface area contributed by atoms with E-state index < -0.39 is 0 Å². The standard InChI is InChI=1S/C11H20O4/c12-9-2-4-11(13)8(5-9)1-3-10-6-14-7-15-10/h8-13H,1-7H2/t8-,9+,10+,11-/m0/s1. The molecule has 0 amide bonds. The van der Waals surface area contributed by atoms with Crippen LogP contribution in [0.25, 0.3) is 0 Å². The Labute approximate surface area is 90.2 Å². The summed E-state index contributed by atoms with van der Waals surface area (Å²) in [5.74, 6) is 0.234. The topological polar surface area (TPSA) is 58.9 Å². The van der Waals surface area contributed by atoms with Crippen molar-refractivity contribution in [2.45, 2.75) is 50.4 Å².